The van der Waals surface area contributed by atoms with E-state index < -0.39 is 35.6 Å². The van der Waals surface area contributed by atoms with Gasteiger partial charge in [0.2, 0.25) is 29.6 Å². The monoisotopic (exact) mass is 949 g/mol. The summed E-state index contributed by atoms with van der Waals surface area (Å²) < 4.78 is 6.96. The molecule has 5 aliphatic heterocycles. The van der Waals surface area contributed by atoms with Gasteiger partial charge in [-0.15, -0.1) is 0 Å². The van der Waals surface area contributed by atoms with Gasteiger partial charge in [-0.2, -0.15) is 10.1 Å². The van der Waals surface area contributed by atoms with E-state index in [1.165, 1.54) is 6.20 Å². The molecule has 5 fully saturated rings. The lowest BCUT2D eigenvalue weighted by atomic mass is 9.89. The lowest BCUT2D eigenvalue weighted by molar-refractivity contribution is -0.139. The Morgan fingerprint density at radius 3 is 2.16 bits per heavy atom. The lowest BCUT2D eigenvalue weighted by Gasteiger charge is -2.42. The van der Waals surface area contributed by atoms with Crippen molar-refractivity contribution < 1.29 is 38.3 Å². The number of piperazine rings is 2. The highest BCUT2D eigenvalue weighted by molar-refractivity contribution is 6.23. The number of esters is 1. The number of aromatic nitrogens is 4. The molecule has 2 aromatic heterocycles. The molecule has 21 heteroatoms. The van der Waals surface area contributed by atoms with Crippen LogP contribution >= 0.6 is 0 Å². The van der Waals surface area contributed by atoms with E-state index in [-0.39, 0.29) is 61.3 Å². The number of carbonyl (C=O) groups is 7. The van der Waals surface area contributed by atoms with Crippen LogP contribution in [0.3, 0.4) is 0 Å². The number of likely N-dealkylation sites (tertiary alicyclic amines) is 1. The highest BCUT2D eigenvalue weighted by Gasteiger charge is 2.45. The summed E-state index contributed by atoms with van der Waals surface area (Å²) >= 11 is 0. The number of nitrogens with one attached hydrogen (secondary N) is 3. The van der Waals surface area contributed by atoms with Crippen molar-refractivity contribution in [2.45, 2.75) is 89.3 Å². The van der Waals surface area contributed by atoms with Crippen molar-refractivity contribution in [1.29, 1.82) is 0 Å². The quantitative estimate of drug-likeness (QED) is 0.156. The summed E-state index contributed by atoms with van der Waals surface area (Å²) in [5.41, 5.74) is 2.45. The fourth-order valence-corrected chi connectivity index (χ4v) is 10.7. The maximum absolute atomic E-state index is 13.4. The van der Waals surface area contributed by atoms with Crippen LogP contribution in [0.5, 0.6) is 0 Å². The summed E-state index contributed by atoms with van der Waals surface area (Å²) in [6.45, 7) is 10.5. The Morgan fingerprint density at radius 1 is 0.797 bits per heavy atom. The van der Waals surface area contributed by atoms with Crippen LogP contribution in [0.1, 0.15) is 102 Å². The van der Waals surface area contributed by atoms with Crippen LogP contribution in [0.25, 0.3) is 0 Å². The van der Waals surface area contributed by atoms with Gasteiger partial charge < -0.3 is 30.1 Å². The van der Waals surface area contributed by atoms with Gasteiger partial charge in [0.1, 0.15) is 17.4 Å². The summed E-state index contributed by atoms with van der Waals surface area (Å²) in [4.78, 5) is 111. The number of benzene rings is 1. The zero-order chi connectivity index (χ0) is 48.2. The van der Waals surface area contributed by atoms with Gasteiger partial charge in [-0.1, -0.05) is 0 Å². The topological polar surface area (TPSA) is 228 Å². The fourth-order valence-electron chi connectivity index (χ4n) is 10.7. The van der Waals surface area contributed by atoms with Gasteiger partial charge >= 0.3 is 5.97 Å². The van der Waals surface area contributed by atoms with E-state index in [1.54, 1.807) is 29.9 Å². The van der Waals surface area contributed by atoms with Crippen molar-refractivity contribution in [2.75, 3.05) is 94.1 Å². The minimum atomic E-state index is -0.989. The number of nitrogens with zero attached hydrogens (tertiary/aromatic N) is 10. The maximum Gasteiger partial charge on any atom is 0.343 e. The number of carbonyl (C=O) groups excluding carboxylic acids is 7. The third-order valence-electron chi connectivity index (χ3n) is 14.7. The SMILES string of the molecule is CCOC(=O)c1cnc(Nc2cnn(C)c2)nc1NC1CCC(N2CCN(C(=O)CCC(=O)N3CCC(CN4CCN(c5ccc6c(c5)C(=O)N(C5CCC(=O)NC5=O)C6=O)CC4)CC3)CC2)CC1. The number of hydrogen-bond donors (Lipinski definition) is 3. The molecule has 3 N–H and O–H groups in total. The maximum atomic E-state index is 13.4. The number of imide groups is 2. The number of hydrogen-bond acceptors (Lipinski definition) is 16. The second-order valence-corrected chi connectivity index (χ2v) is 19.1. The molecule has 0 bridgehead atoms. The number of amides is 6. The molecule has 1 aromatic carbocycles. The van der Waals surface area contributed by atoms with Crippen molar-refractivity contribution in [3.63, 3.8) is 0 Å². The Bertz CT molecular complexity index is 2430. The molecular weight excluding hydrogens is 887 g/mol. The van der Waals surface area contributed by atoms with Crippen molar-refractivity contribution in [1.82, 2.24) is 49.6 Å². The number of piperidine rings is 2. The highest BCUT2D eigenvalue weighted by atomic mass is 16.5. The predicted octanol–water partition coefficient (Wildman–Crippen LogP) is 2.24. The van der Waals surface area contributed by atoms with Gasteiger partial charge in [-0.05, 0) is 76.0 Å². The Morgan fingerprint density at radius 2 is 1.49 bits per heavy atom. The van der Waals surface area contributed by atoms with Crippen molar-refractivity contribution in [3.05, 3.63) is 53.5 Å². The van der Waals surface area contributed by atoms with E-state index in [1.807, 2.05) is 29.1 Å². The van der Waals surface area contributed by atoms with Crippen molar-refractivity contribution in [3.8, 4) is 0 Å². The Labute approximate surface area is 401 Å². The molecule has 9 rings (SSSR count). The van der Waals surface area contributed by atoms with Gasteiger partial charge in [0.05, 0.1) is 29.6 Å². The Balaban J connectivity index is 0.657. The standard InChI is InChI=1S/C48H63N13O8/c1-3-69-47(68)38-28-49-48(52-33-27-50-55(2)30-33)54-43(38)51-32-4-6-34(7-5-32)57-22-24-60(25-23-57)42(64)13-12-41(63)59-16-14-31(15-17-59)29-56-18-20-58(21-19-56)35-8-9-36-37(26-35)46(67)61(45(36)66)39-10-11-40(62)53-44(39)65/h8-9,26-28,30-32,34,39H,3-7,10-25,29H2,1-2H3,(H,53,62,65)(H2,49,51,52,54). The molecule has 0 radical (unpaired) electrons. The van der Waals surface area contributed by atoms with Crippen LogP contribution in [-0.2, 0) is 31.0 Å². The molecule has 6 amide bonds. The summed E-state index contributed by atoms with van der Waals surface area (Å²) in [6.07, 6.45) is 11.3. The molecule has 4 saturated heterocycles. The van der Waals surface area contributed by atoms with E-state index >= 15 is 0 Å². The minimum absolute atomic E-state index is 0.0405. The number of rotatable bonds is 14. The van der Waals surface area contributed by atoms with Gasteiger partial charge in [-0.3, -0.25) is 53.5 Å². The summed E-state index contributed by atoms with van der Waals surface area (Å²) in [7, 11) is 1.83. The van der Waals surface area contributed by atoms with Crippen molar-refractivity contribution in [2.24, 2.45) is 13.0 Å². The highest BCUT2D eigenvalue weighted by Crippen LogP contribution is 2.32. The number of aryl methyl sites for hydroxylation is 1. The molecular formula is C48H63N13O8. The second kappa shape index (κ2) is 21.0. The van der Waals surface area contributed by atoms with Gasteiger partial charge in [0, 0.05) is 128 Å². The summed E-state index contributed by atoms with van der Waals surface area (Å²) in [5, 5.41) is 13.1. The first-order valence-electron chi connectivity index (χ1n) is 24.6. The van der Waals surface area contributed by atoms with Crippen LogP contribution in [0.2, 0.25) is 0 Å². The average Bonchev–Trinajstić information content (AvgIpc) is 3.88. The zero-order valence-corrected chi connectivity index (χ0v) is 39.6. The van der Waals surface area contributed by atoms with E-state index in [0.29, 0.717) is 55.5 Å². The first-order valence-corrected chi connectivity index (χ1v) is 24.6. The molecule has 0 spiro atoms. The van der Waals surface area contributed by atoms with Crippen LogP contribution < -0.4 is 20.9 Å². The zero-order valence-electron chi connectivity index (χ0n) is 39.6. The molecule has 69 heavy (non-hydrogen) atoms. The smallest absolute Gasteiger partial charge is 0.343 e. The lowest BCUT2D eigenvalue weighted by Crippen LogP contribution is -2.54. The van der Waals surface area contributed by atoms with Crippen LogP contribution in [-0.4, -0.2) is 182 Å². The molecule has 3 aromatic rings. The second-order valence-electron chi connectivity index (χ2n) is 19.1. The molecule has 6 aliphatic rings. The molecule has 1 aliphatic carbocycles. The van der Waals surface area contributed by atoms with Gasteiger partial charge in [0.15, 0.2) is 0 Å². The molecule has 21 nitrogen and oxygen atoms in total. The summed E-state index contributed by atoms with van der Waals surface area (Å²) in [6, 6.07) is 4.82. The van der Waals surface area contributed by atoms with E-state index in [9.17, 15) is 33.6 Å². The van der Waals surface area contributed by atoms with Crippen LogP contribution in [0, 0.1) is 5.92 Å². The Kier molecular flexibility index (Phi) is 14.5. The average molecular weight is 950 g/mol. The number of fused-ring (bicyclic) bond motifs is 1. The van der Waals surface area contributed by atoms with Crippen LogP contribution in [0.15, 0.2) is 36.8 Å². The van der Waals surface area contributed by atoms with Gasteiger partial charge in [0.25, 0.3) is 11.8 Å². The molecule has 1 unspecified atom stereocenters. The summed E-state index contributed by atoms with van der Waals surface area (Å²) in [5.74, 6) is -1.14. The van der Waals surface area contributed by atoms with E-state index in [2.05, 4.69) is 45.7 Å². The molecule has 1 saturated carbocycles. The fraction of sp³-hybridized carbons (Fsp3) is 0.583. The molecule has 7 heterocycles. The number of ether oxygens (including phenoxy) is 1. The molecule has 368 valence electrons. The van der Waals surface area contributed by atoms with E-state index in [0.717, 1.165) is 101 Å². The van der Waals surface area contributed by atoms with Crippen molar-refractivity contribution >= 4 is 64.6 Å². The predicted molar refractivity (Wildman–Crippen MR) is 253 cm³/mol. The first-order chi connectivity index (χ1) is 33.4. The van der Waals surface area contributed by atoms with Crippen LogP contribution in [0.4, 0.5) is 23.1 Å². The largest absolute Gasteiger partial charge is 0.462 e. The number of anilines is 4. The molecule has 1 atom stereocenters. The first kappa shape index (κ1) is 47.6. The third-order valence-corrected chi connectivity index (χ3v) is 14.7. The minimum Gasteiger partial charge on any atom is -0.462 e. The van der Waals surface area contributed by atoms with E-state index in [4.69, 9.17) is 4.74 Å². The van der Waals surface area contributed by atoms with Gasteiger partial charge in [-0.25, -0.2) is 9.78 Å². The normalized spacial score (nSPS) is 23.0. The Hall–Kier alpha value is -6.48. The third kappa shape index (κ3) is 10.9.